The number of ether oxygens (including phenoxy) is 1. The maximum atomic E-state index is 9.25. The highest BCUT2D eigenvalue weighted by molar-refractivity contribution is 5.61. The van der Waals surface area contributed by atoms with Gasteiger partial charge in [0.25, 0.3) is 0 Å². The first-order chi connectivity index (χ1) is 9.31. The molecule has 106 valence electrons. The Morgan fingerprint density at radius 2 is 1.95 bits per heavy atom. The number of morpholine rings is 1. The SMILES string of the molecule is CCc1cccc(CC)c1N1CCOCC1CCO. The monoisotopic (exact) mass is 263 g/mol. The number of hydrogen-bond donors (Lipinski definition) is 1. The third-order valence-corrected chi connectivity index (χ3v) is 3.94. The van der Waals surface area contributed by atoms with Crippen LogP contribution < -0.4 is 4.90 Å². The fourth-order valence-electron chi connectivity index (χ4n) is 2.92. The van der Waals surface area contributed by atoms with Crippen LogP contribution >= 0.6 is 0 Å². The van der Waals surface area contributed by atoms with Gasteiger partial charge < -0.3 is 14.7 Å². The van der Waals surface area contributed by atoms with Crippen LogP contribution in [-0.4, -0.2) is 37.5 Å². The van der Waals surface area contributed by atoms with Crippen molar-refractivity contribution in [2.24, 2.45) is 0 Å². The van der Waals surface area contributed by atoms with Crippen molar-refractivity contribution in [2.45, 2.75) is 39.2 Å². The summed E-state index contributed by atoms with van der Waals surface area (Å²) in [6.45, 7) is 7.07. The lowest BCUT2D eigenvalue weighted by atomic mass is 9.99. The maximum absolute atomic E-state index is 9.25. The van der Waals surface area contributed by atoms with Crippen LogP contribution in [0.2, 0.25) is 0 Å². The Bertz CT molecular complexity index is 381. The summed E-state index contributed by atoms with van der Waals surface area (Å²) in [5.41, 5.74) is 4.20. The third kappa shape index (κ3) is 3.10. The zero-order valence-corrected chi connectivity index (χ0v) is 12.1. The summed E-state index contributed by atoms with van der Waals surface area (Å²) in [7, 11) is 0. The molecular weight excluding hydrogens is 238 g/mol. The van der Waals surface area contributed by atoms with Crippen molar-refractivity contribution < 1.29 is 9.84 Å². The van der Waals surface area contributed by atoms with E-state index < -0.39 is 0 Å². The molecule has 1 aromatic carbocycles. The highest BCUT2D eigenvalue weighted by atomic mass is 16.5. The lowest BCUT2D eigenvalue weighted by Crippen LogP contribution is -2.46. The standard InChI is InChI=1S/C16H25NO2/c1-3-13-6-5-7-14(4-2)16(13)17-9-11-19-12-15(17)8-10-18/h5-7,15,18H,3-4,8-12H2,1-2H3. The van der Waals surface area contributed by atoms with Crippen LogP contribution in [0.3, 0.4) is 0 Å². The second kappa shape index (κ2) is 6.92. The first kappa shape index (κ1) is 14.4. The predicted molar refractivity (Wildman–Crippen MR) is 78.9 cm³/mol. The molecule has 3 heteroatoms. The summed E-state index contributed by atoms with van der Waals surface area (Å²) in [6.07, 6.45) is 2.87. The van der Waals surface area contributed by atoms with Gasteiger partial charge in [-0.1, -0.05) is 32.0 Å². The Morgan fingerprint density at radius 1 is 1.26 bits per heavy atom. The smallest absolute Gasteiger partial charge is 0.0671 e. The number of anilines is 1. The van der Waals surface area contributed by atoms with Gasteiger partial charge in [0.2, 0.25) is 0 Å². The molecule has 0 saturated carbocycles. The second-order valence-electron chi connectivity index (χ2n) is 5.07. The van der Waals surface area contributed by atoms with Crippen molar-refractivity contribution in [3.63, 3.8) is 0 Å². The maximum Gasteiger partial charge on any atom is 0.0671 e. The van der Waals surface area contributed by atoms with Crippen LogP contribution in [0, 0.1) is 0 Å². The molecule has 0 aliphatic carbocycles. The molecule has 1 heterocycles. The van der Waals surface area contributed by atoms with Gasteiger partial charge in [-0.25, -0.2) is 0 Å². The number of benzene rings is 1. The van der Waals surface area contributed by atoms with Crippen LogP contribution in [0.4, 0.5) is 5.69 Å². The summed E-state index contributed by atoms with van der Waals surface area (Å²) in [5.74, 6) is 0. The number of aliphatic hydroxyl groups excluding tert-OH is 1. The van der Waals surface area contributed by atoms with Gasteiger partial charge in [0, 0.05) is 18.8 Å². The van der Waals surface area contributed by atoms with E-state index in [-0.39, 0.29) is 6.61 Å². The van der Waals surface area contributed by atoms with E-state index >= 15 is 0 Å². The molecule has 1 aromatic rings. The molecule has 1 fully saturated rings. The third-order valence-electron chi connectivity index (χ3n) is 3.94. The molecule has 0 amide bonds. The average molecular weight is 263 g/mol. The van der Waals surface area contributed by atoms with Crippen LogP contribution in [0.25, 0.3) is 0 Å². The van der Waals surface area contributed by atoms with Crippen LogP contribution in [-0.2, 0) is 17.6 Å². The molecule has 1 atom stereocenters. The molecule has 3 nitrogen and oxygen atoms in total. The van der Waals surface area contributed by atoms with Gasteiger partial charge in [-0.3, -0.25) is 0 Å². The van der Waals surface area contributed by atoms with Crippen LogP contribution in [0.1, 0.15) is 31.4 Å². The highest BCUT2D eigenvalue weighted by Gasteiger charge is 2.25. The number of rotatable bonds is 5. The largest absolute Gasteiger partial charge is 0.396 e. The Hall–Kier alpha value is -1.06. The van der Waals surface area contributed by atoms with Gasteiger partial charge in [-0.15, -0.1) is 0 Å². The van der Waals surface area contributed by atoms with Gasteiger partial charge >= 0.3 is 0 Å². The molecule has 2 rings (SSSR count). The van der Waals surface area contributed by atoms with Crippen molar-refractivity contribution in [1.82, 2.24) is 0 Å². The second-order valence-corrected chi connectivity index (χ2v) is 5.07. The summed E-state index contributed by atoms with van der Waals surface area (Å²) >= 11 is 0. The first-order valence-electron chi connectivity index (χ1n) is 7.37. The van der Waals surface area contributed by atoms with Crippen molar-refractivity contribution in [3.8, 4) is 0 Å². The van der Waals surface area contributed by atoms with Gasteiger partial charge in [0.15, 0.2) is 0 Å². The molecule has 1 aliphatic rings. The van der Waals surface area contributed by atoms with Crippen molar-refractivity contribution >= 4 is 5.69 Å². The summed E-state index contributed by atoms with van der Waals surface area (Å²) < 4.78 is 5.58. The van der Waals surface area contributed by atoms with Crippen LogP contribution in [0.15, 0.2) is 18.2 Å². The van der Waals surface area contributed by atoms with Gasteiger partial charge in [0.05, 0.1) is 19.3 Å². The van der Waals surface area contributed by atoms with E-state index in [1.54, 1.807) is 0 Å². The van der Waals surface area contributed by atoms with E-state index in [4.69, 9.17) is 4.74 Å². The predicted octanol–water partition coefficient (Wildman–Crippen LogP) is 2.40. The Morgan fingerprint density at radius 3 is 2.53 bits per heavy atom. The Balaban J connectivity index is 2.36. The van der Waals surface area contributed by atoms with Crippen molar-refractivity contribution in [3.05, 3.63) is 29.3 Å². The lowest BCUT2D eigenvalue weighted by molar-refractivity contribution is 0.0848. The summed E-state index contributed by atoms with van der Waals surface area (Å²) in [4.78, 5) is 2.46. The minimum atomic E-state index is 0.222. The molecule has 0 bridgehead atoms. The normalized spacial score (nSPS) is 19.7. The molecular formula is C16H25NO2. The molecule has 1 saturated heterocycles. The fourth-order valence-corrected chi connectivity index (χ4v) is 2.92. The topological polar surface area (TPSA) is 32.7 Å². The molecule has 1 N–H and O–H groups in total. The molecule has 0 aromatic heterocycles. The quantitative estimate of drug-likeness (QED) is 0.885. The highest BCUT2D eigenvalue weighted by Crippen LogP contribution is 2.30. The van der Waals surface area contributed by atoms with E-state index in [9.17, 15) is 5.11 Å². The first-order valence-corrected chi connectivity index (χ1v) is 7.37. The fraction of sp³-hybridized carbons (Fsp3) is 0.625. The molecule has 0 radical (unpaired) electrons. The molecule has 1 unspecified atom stereocenters. The number of hydrogen-bond acceptors (Lipinski definition) is 3. The van der Waals surface area contributed by atoms with Gasteiger partial charge in [-0.2, -0.15) is 0 Å². The van der Waals surface area contributed by atoms with Gasteiger partial charge in [-0.05, 0) is 30.4 Å². The zero-order valence-electron chi connectivity index (χ0n) is 12.1. The molecule has 1 aliphatic heterocycles. The van der Waals surface area contributed by atoms with Crippen molar-refractivity contribution in [1.29, 1.82) is 0 Å². The van der Waals surface area contributed by atoms with E-state index in [2.05, 4.69) is 36.9 Å². The van der Waals surface area contributed by atoms with Crippen LogP contribution in [0.5, 0.6) is 0 Å². The van der Waals surface area contributed by atoms with E-state index in [1.807, 2.05) is 0 Å². The Labute approximate surface area is 116 Å². The van der Waals surface area contributed by atoms with E-state index in [0.29, 0.717) is 6.04 Å². The summed E-state index contributed by atoms with van der Waals surface area (Å²) in [5, 5.41) is 9.25. The lowest BCUT2D eigenvalue weighted by Gasteiger charge is -2.39. The molecule has 0 spiro atoms. The van der Waals surface area contributed by atoms with Gasteiger partial charge in [0.1, 0.15) is 0 Å². The molecule has 19 heavy (non-hydrogen) atoms. The van der Waals surface area contributed by atoms with E-state index in [1.165, 1.54) is 16.8 Å². The minimum Gasteiger partial charge on any atom is -0.396 e. The van der Waals surface area contributed by atoms with Crippen molar-refractivity contribution in [2.75, 3.05) is 31.3 Å². The number of para-hydroxylation sites is 1. The average Bonchev–Trinajstić information content (AvgIpc) is 2.47. The summed E-state index contributed by atoms with van der Waals surface area (Å²) in [6, 6.07) is 6.90. The number of nitrogens with zero attached hydrogens (tertiary/aromatic N) is 1. The zero-order chi connectivity index (χ0) is 13.7. The number of aliphatic hydroxyl groups is 1. The van der Waals surface area contributed by atoms with E-state index in [0.717, 1.165) is 39.0 Å². The number of aryl methyl sites for hydroxylation is 2. The minimum absolute atomic E-state index is 0.222. The Kier molecular flexibility index (Phi) is 5.23.